The molecule has 1 N–H and O–H groups in total. The van der Waals surface area contributed by atoms with Crippen molar-refractivity contribution in [2.24, 2.45) is 0 Å². The third kappa shape index (κ3) is 4.89. The number of para-hydroxylation sites is 1. The van der Waals surface area contributed by atoms with E-state index in [1.165, 1.54) is 48.2 Å². The Morgan fingerprint density at radius 1 is 1.40 bits per heavy atom. The molecule has 136 valence electrons. The van der Waals surface area contributed by atoms with E-state index in [1.807, 2.05) is 6.92 Å². The average molecular weight is 405 g/mol. The molecule has 1 aromatic heterocycles. The van der Waals surface area contributed by atoms with Crippen LogP contribution in [-0.2, 0) is 14.8 Å². The molecule has 1 atom stereocenters. The summed E-state index contributed by atoms with van der Waals surface area (Å²) in [7, 11) is -3.88. The Morgan fingerprint density at radius 2 is 2.08 bits per heavy atom. The first kappa shape index (κ1) is 19.6. The highest BCUT2D eigenvalue weighted by Gasteiger charge is 2.31. The molecule has 2 rings (SSSR count). The van der Waals surface area contributed by atoms with Crippen LogP contribution >= 0.6 is 23.1 Å². The Labute approximate surface area is 153 Å². The van der Waals surface area contributed by atoms with Crippen LogP contribution in [0.3, 0.4) is 0 Å². The number of carbonyl (C=O) groups excluding carboxylic acids is 1. The summed E-state index contributed by atoms with van der Waals surface area (Å²) in [5.41, 5.74) is -0.188. The maximum atomic E-state index is 14.0. The molecule has 1 heterocycles. The van der Waals surface area contributed by atoms with Crippen LogP contribution in [0.1, 0.15) is 13.8 Å². The van der Waals surface area contributed by atoms with Gasteiger partial charge in [0, 0.05) is 0 Å². The van der Waals surface area contributed by atoms with Gasteiger partial charge in [0.2, 0.25) is 21.1 Å². The molecule has 7 nitrogen and oxygen atoms in total. The van der Waals surface area contributed by atoms with E-state index < -0.39 is 27.8 Å². The van der Waals surface area contributed by atoms with Crippen LogP contribution in [0.15, 0.2) is 28.6 Å². The number of rotatable bonds is 7. The van der Waals surface area contributed by atoms with E-state index in [9.17, 15) is 17.6 Å². The summed E-state index contributed by atoms with van der Waals surface area (Å²) < 4.78 is 39.7. The topological polar surface area (TPSA) is 92.3 Å². The number of carbonyl (C=O) groups is 1. The van der Waals surface area contributed by atoms with Gasteiger partial charge in [-0.25, -0.2) is 12.8 Å². The normalized spacial score (nSPS) is 12.6. The number of sulfonamides is 1. The molecule has 0 bridgehead atoms. The Balaban J connectivity index is 2.25. The molecule has 2 aromatic rings. The minimum absolute atomic E-state index is 0.188. The van der Waals surface area contributed by atoms with E-state index in [0.29, 0.717) is 4.34 Å². The van der Waals surface area contributed by atoms with Gasteiger partial charge in [-0.05, 0) is 24.8 Å². The summed E-state index contributed by atoms with van der Waals surface area (Å²) in [5, 5.41) is 10.5. The summed E-state index contributed by atoms with van der Waals surface area (Å²) in [6, 6.07) is 4.22. The lowest BCUT2D eigenvalue weighted by Gasteiger charge is -2.28. The van der Waals surface area contributed by atoms with Crippen molar-refractivity contribution in [2.45, 2.75) is 24.2 Å². The molecule has 0 spiro atoms. The SMILES string of the molecule is CCSc1nnc(NC(=O)C(C)N(c2ccccc2F)S(C)(=O)=O)s1. The van der Waals surface area contributed by atoms with Gasteiger partial charge < -0.3 is 0 Å². The van der Waals surface area contributed by atoms with Crippen LogP contribution in [0.2, 0.25) is 0 Å². The monoisotopic (exact) mass is 404 g/mol. The van der Waals surface area contributed by atoms with E-state index in [-0.39, 0.29) is 10.8 Å². The van der Waals surface area contributed by atoms with E-state index in [4.69, 9.17) is 0 Å². The second-order valence-corrected chi connectivity index (χ2v) is 9.33. The van der Waals surface area contributed by atoms with Crippen molar-refractivity contribution in [1.82, 2.24) is 10.2 Å². The van der Waals surface area contributed by atoms with Gasteiger partial charge in [-0.2, -0.15) is 0 Å². The molecule has 11 heteroatoms. The highest BCUT2D eigenvalue weighted by Crippen LogP contribution is 2.27. The first-order valence-corrected chi connectivity index (χ1v) is 10.9. The Kier molecular flexibility index (Phi) is 6.36. The number of halogens is 1. The predicted molar refractivity (Wildman–Crippen MR) is 98.1 cm³/mol. The van der Waals surface area contributed by atoms with E-state index in [1.54, 1.807) is 0 Å². The standard InChI is InChI=1S/C14H17FN4O3S3/c1-4-23-14-18-17-13(24-14)16-12(20)9(2)19(25(3,21)22)11-8-6-5-7-10(11)15/h5-9H,4H2,1-3H3,(H,16,17,20). The second-order valence-electron chi connectivity index (χ2n) is 4.98. The number of nitrogens with zero attached hydrogens (tertiary/aromatic N) is 3. The van der Waals surface area contributed by atoms with Gasteiger partial charge >= 0.3 is 0 Å². The van der Waals surface area contributed by atoms with Crippen molar-refractivity contribution in [3.05, 3.63) is 30.1 Å². The quantitative estimate of drug-likeness (QED) is 0.563. The molecule has 0 saturated heterocycles. The van der Waals surface area contributed by atoms with Crippen LogP contribution in [0.4, 0.5) is 15.2 Å². The van der Waals surface area contributed by atoms with E-state index >= 15 is 0 Å². The van der Waals surface area contributed by atoms with Crippen LogP contribution in [-0.4, -0.2) is 42.6 Å². The Hall–Kier alpha value is -1.72. The molecule has 0 aliphatic heterocycles. The van der Waals surface area contributed by atoms with Gasteiger partial charge in [0.25, 0.3) is 0 Å². The van der Waals surface area contributed by atoms with E-state index in [0.717, 1.165) is 22.4 Å². The summed E-state index contributed by atoms with van der Waals surface area (Å²) >= 11 is 2.67. The summed E-state index contributed by atoms with van der Waals surface area (Å²) in [6.45, 7) is 3.34. The molecule has 0 saturated carbocycles. The number of hydrogen-bond donors (Lipinski definition) is 1. The molecule has 0 aliphatic carbocycles. The molecule has 0 radical (unpaired) electrons. The molecule has 1 amide bonds. The van der Waals surface area contributed by atoms with Crippen LogP contribution in [0, 0.1) is 5.82 Å². The van der Waals surface area contributed by atoms with Gasteiger partial charge in [-0.1, -0.05) is 42.2 Å². The number of hydrogen-bond acceptors (Lipinski definition) is 7. The Morgan fingerprint density at radius 3 is 2.68 bits per heavy atom. The molecule has 0 aliphatic rings. The lowest BCUT2D eigenvalue weighted by molar-refractivity contribution is -0.116. The Bertz CT molecular complexity index is 857. The van der Waals surface area contributed by atoms with Crippen molar-refractivity contribution in [3.8, 4) is 0 Å². The zero-order valence-corrected chi connectivity index (χ0v) is 16.2. The van der Waals surface area contributed by atoms with Crippen molar-refractivity contribution in [2.75, 3.05) is 21.6 Å². The van der Waals surface area contributed by atoms with Gasteiger partial charge in [0.1, 0.15) is 11.9 Å². The van der Waals surface area contributed by atoms with Crippen molar-refractivity contribution in [1.29, 1.82) is 0 Å². The molecule has 1 aromatic carbocycles. The number of nitrogens with one attached hydrogen (secondary N) is 1. The van der Waals surface area contributed by atoms with E-state index in [2.05, 4.69) is 15.5 Å². The maximum Gasteiger partial charge on any atom is 0.249 e. The average Bonchev–Trinajstić information content (AvgIpc) is 2.95. The minimum Gasteiger partial charge on any atom is -0.299 e. The molecular weight excluding hydrogens is 387 g/mol. The first-order valence-electron chi connectivity index (χ1n) is 7.25. The third-order valence-corrected chi connectivity index (χ3v) is 6.16. The van der Waals surface area contributed by atoms with Crippen molar-refractivity contribution in [3.63, 3.8) is 0 Å². The fraction of sp³-hybridized carbons (Fsp3) is 0.357. The maximum absolute atomic E-state index is 14.0. The lowest BCUT2D eigenvalue weighted by atomic mass is 10.2. The molecule has 0 fully saturated rings. The summed E-state index contributed by atoms with van der Waals surface area (Å²) in [4.78, 5) is 12.4. The highest BCUT2D eigenvalue weighted by molar-refractivity contribution is 8.01. The van der Waals surface area contributed by atoms with Gasteiger partial charge in [-0.3, -0.25) is 14.4 Å². The van der Waals surface area contributed by atoms with Crippen LogP contribution in [0.25, 0.3) is 0 Å². The zero-order chi connectivity index (χ0) is 18.6. The largest absolute Gasteiger partial charge is 0.299 e. The van der Waals surface area contributed by atoms with Crippen molar-refractivity contribution < 1.29 is 17.6 Å². The summed E-state index contributed by atoms with van der Waals surface area (Å²) in [6.07, 6.45) is 0.921. The number of benzene rings is 1. The fourth-order valence-corrected chi connectivity index (χ4v) is 4.89. The highest BCUT2D eigenvalue weighted by atomic mass is 32.2. The summed E-state index contributed by atoms with van der Waals surface area (Å²) in [5.74, 6) is -0.545. The van der Waals surface area contributed by atoms with Gasteiger partial charge in [0.05, 0.1) is 11.9 Å². The molecule has 1 unspecified atom stereocenters. The minimum atomic E-state index is -3.88. The lowest BCUT2D eigenvalue weighted by Crippen LogP contribution is -2.45. The predicted octanol–water partition coefficient (Wildman–Crippen LogP) is 2.58. The zero-order valence-electron chi connectivity index (χ0n) is 13.8. The number of thioether (sulfide) groups is 1. The van der Waals surface area contributed by atoms with Gasteiger partial charge in [0.15, 0.2) is 4.34 Å². The first-order chi connectivity index (χ1) is 11.7. The smallest absolute Gasteiger partial charge is 0.249 e. The van der Waals surface area contributed by atoms with Crippen LogP contribution < -0.4 is 9.62 Å². The molecule has 25 heavy (non-hydrogen) atoms. The van der Waals surface area contributed by atoms with Crippen LogP contribution in [0.5, 0.6) is 0 Å². The second kappa shape index (κ2) is 8.11. The third-order valence-electron chi connectivity index (χ3n) is 3.08. The fourth-order valence-electron chi connectivity index (χ4n) is 2.06. The van der Waals surface area contributed by atoms with Crippen molar-refractivity contribution >= 4 is 49.8 Å². The van der Waals surface area contributed by atoms with Gasteiger partial charge in [-0.15, -0.1) is 10.2 Å². The number of anilines is 2. The molecular formula is C14H17FN4O3S3. The number of aromatic nitrogens is 2. The number of amides is 1.